The average Bonchev–Trinajstić information content (AvgIpc) is 2.84. The monoisotopic (exact) mass is 466 g/mol. The molecule has 0 atom stereocenters. The molecule has 34 heavy (non-hydrogen) atoms. The van der Waals surface area contributed by atoms with Crippen LogP contribution in [-0.2, 0) is 6.18 Å². The number of hydrogen-bond acceptors (Lipinski definition) is 6. The summed E-state index contributed by atoms with van der Waals surface area (Å²) >= 11 is 0. The van der Waals surface area contributed by atoms with Crippen molar-refractivity contribution in [1.29, 1.82) is 0 Å². The summed E-state index contributed by atoms with van der Waals surface area (Å²) in [4.78, 5) is 27.7. The Kier molecular flexibility index (Phi) is 5.74. The third kappa shape index (κ3) is 4.36. The number of anilines is 2. The summed E-state index contributed by atoms with van der Waals surface area (Å²) < 4.78 is 42.0. The molecule has 1 aliphatic rings. The van der Waals surface area contributed by atoms with Crippen LogP contribution >= 0.6 is 0 Å². The van der Waals surface area contributed by atoms with Gasteiger partial charge in [0.1, 0.15) is 12.1 Å². The van der Waals surface area contributed by atoms with E-state index in [0.29, 0.717) is 48.1 Å². The van der Waals surface area contributed by atoms with Crippen LogP contribution in [-0.4, -0.2) is 33.0 Å². The fourth-order valence-electron chi connectivity index (χ4n) is 4.39. The molecule has 1 fully saturated rings. The Bertz CT molecular complexity index is 1380. The van der Waals surface area contributed by atoms with Crippen molar-refractivity contribution >= 4 is 22.3 Å². The summed E-state index contributed by atoms with van der Waals surface area (Å²) in [5.74, 6) is -0.00363. The van der Waals surface area contributed by atoms with Crippen LogP contribution in [0.2, 0.25) is 0 Å². The molecule has 5 rings (SSSR count). The van der Waals surface area contributed by atoms with Crippen LogP contribution in [0.4, 0.5) is 24.7 Å². The van der Waals surface area contributed by atoms with Crippen LogP contribution in [0.3, 0.4) is 0 Å². The fourth-order valence-corrected chi connectivity index (χ4v) is 4.39. The van der Waals surface area contributed by atoms with Gasteiger partial charge < -0.3 is 15.6 Å². The highest BCUT2D eigenvalue weighted by Gasteiger charge is 2.36. The topological polar surface area (TPSA) is 95.6 Å². The molecule has 0 amide bonds. The van der Waals surface area contributed by atoms with Gasteiger partial charge in [0.15, 0.2) is 0 Å². The maximum atomic E-state index is 14.0. The molecule has 0 saturated carbocycles. The number of nitrogens with zero attached hydrogens (tertiary/aromatic N) is 3. The van der Waals surface area contributed by atoms with Crippen LogP contribution in [0, 0.1) is 0 Å². The third-order valence-corrected chi connectivity index (χ3v) is 6.01. The van der Waals surface area contributed by atoms with Crippen molar-refractivity contribution in [2.75, 3.05) is 18.4 Å². The summed E-state index contributed by atoms with van der Waals surface area (Å²) in [7, 11) is 0. The van der Waals surface area contributed by atoms with E-state index in [9.17, 15) is 18.0 Å². The number of benzene rings is 1. The summed E-state index contributed by atoms with van der Waals surface area (Å²) in [5.41, 5.74) is 0.531. The van der Waals surface area contributed by atoms with E-state index in [1.54, 1.807) is 30.6 Å². The van der Waals surface area contributed by atoms with Crippen molar-refractivity contribution in [3.05, 3.63) is 76.7 Å². The maximum absolute atomic E-state index is 14.0. The predicted molar refractivity (Wildman–Crippen MR) is 123 cm³/mol. The van der Waals surface area contributed by atoms with E-state index < -0.39 is 17.3 Å². The standard InChI is InChI=1S/C24H21F3N6O/c25-24(26,27)19-10-17(1-2-18(19)14-3-6-28-7-4-14)32-22-21-15(5-8-31-23(21)34)9-20(33-22)16-11-29-13-30-12-16/h1-2,5,8-14,28H,3-4,6-7H2,(H,31,34)(H,32,33). The summed E-state index contributed by atoms with van der Waals surface area (Å²) in [5, 5.41) is 6.98. The number of aromatic nitrogens is 4. The first-order valence-corrected chi connectivity index (χ1v) is 10.9. The molecule has 3 aromatic heterocycles. The maximum Gasteiger partial charge on any atom is 0.416 e. The molecule has 1 saturated heterocycles. The molecule has 174 valence electrons. The van der Waals surface area contributed by atoms with Crippen LogP contribution in [0.25, 0.3) is 22.0 Å². The van der Waals surface area contributed by atoms with Gasteiger partial charge in [0.05, 0.1) is 16.6 Å². The Morgan fingerprint density at radius 1 is 1.03 bits per heavy atom. The predicted octanol–water partition coefficient (Wildman–Crippen LogP) is 4.61. The molecule has 1 aliphatic heterocycles. The third-order valence-electron chi connectivity index (χ3n) is 6.01. The van der Waals surface area contributed by atoms with Gasteiger partial charge in [-0.1, -0.05) is 6.07 Å². The SMILES string of the molecule is O=c1[nH]ccc2cc(-c3cncnc3)nc(Nc3ccc(C4CCNCC4)c(C(F)(F)F)c3)c12. The minimum absolute atomic E-state index is 0.154. The number of H-pyrrole nitrogens is 1. The molecule has 10 heteroatoms. The van der Waals surface area contributed by atoms with Crippen molar-refractivity contribution in [3.63, 3.8) is 0 Å². The number of piperidine rings is 1. The molecule has 0 aliphatic carbocycles. The molecular weight excluding hydrogens is 445 g/mol. The van der Waals surface area contributed by atoms with Gasteiger partial charge in [0.25, 0.3) is 5.56 Å². The van der Waals surface area contributed by atoms with E-state index in [0.717, 1.165) is 6.07 Å². The second-order valence-corrected chi connectivity index (χ2v) is 8.20. The van der Waals surface area contributed by atoms with Gasteiger partial charge in [-0.3, -0.25) is 4.79 Å². The minimum atomic E-state index is -4.51. The number of halogens is 3. The summed E-state index contributed by atoms with van der Waals surface area (Å²) in [6.07, 6.45) is 2.85. The zero-order valence-electron chi connectivity index (χ0n) is 18.0. The van der Waals surface area contributed by atoms with Crippen molar-refractivity contribution in [1.82, 2.24) is 25.3 Å². The number of rotatable bonds is 4. The number of nitrogens with one attached hydrogen (secondary N) is 3. The first-order chi connectivity index (χ1) is 16.4. The zero-order chi connectivity index (χ0) is 23.7. The van der Waals surface area contributed by atoms with E-state index in [1.165, 1.54) is 18.6 Å². The normalized spacial score (nSPS) is 14.9. The van der Waals surface area contributed by atoms with Gasteiger partial charge in [0, 0.05) is 29.8 Å². The Morgan fingerprint density at radius 3 is 2.53 bits per heavy atom. The van der Waals surface area contributed by atoms with Crippen molar-refractivity contribution in [2.45, 2.75) is 24.9 Å². The number of pyridine rings is 2. The second kappa shape index (κ2) is 8.86. The lowest BCUT2D eigenvalue weighted by atomic mass is 9.86. The lowest BCUT2D eigenvalue weighted by Crippen LogP contribution is -2.27. The highest BCUT2D eigenvalue weighted by atomic mass is 19.4. The zero-order valence-corrected chi connectivity index (χ0v) is 18.0. The molecule has 0 bridgehead atoms. The van der Waals surface area contributed by atoms with Gasteiger partial charge in [0.2, 0.25) is 0 Å². The van der Waals surface area contributed by atoms with Crippen molar-refractivity contribution in [3.8, 4) is 11.3 Å². The Labute approximate surface area is 192 Å². The Hall–Kier alpha value is -3.79. The first-order valence-electron chi connectivity index (χ1n) is 10.9. The van der Waals surface area contributed by atoms with Crippen LogP contribution in [0.5, 0.6) is 0 Å². The van der Waals surface area contributed by atoms with E-state index >= 15 is 0 Å². The lowest BCUT2D eigenvalue weighted by Gasteiger charge is -2.26. The molecule has 4 heterocycles. The van der Waals surface area contributed by atoms with Crippen molar-refractivity contribution < 1.29 is 13.2 Å². The fraction of sp³-hybridized carbons (Fsp3) is 0.250. The van der Waals surface area contributed by atoms with Crippen molar-refractivity contribution in [2.24, 2.45) is 0 Å². The van der Waals surface area contributed by atoms with E-state index in [4.69, 9.17) is 0 Å². The lowest BCUT2D eigenvalue weighted by molar-refractivity contribution is -0.138. The Balaban J connectivity index is 1.60. The molecule has 4 aromatic rings. The molecule has 0 radical (unpaired) electrons. The number of fused-ring (bicyclic) bond motifs is 1. The Morgan fingerprint density at radius 2 is 1.79 bits per heavy atom. The molecular formula is C24H21F3N6O. The molecule has 0 spiro atoms. The van der Waals surface area contributed by atoms with E-state index in [-0.39, 0.29) is 22.8 Å². The van der Waals surface area contributed by atoms with Gasteiger partial charge in [-0.15, -0.1) is 0 Å². The number of aromatic amines is 1. The average molecular weight is 466 g/mol. The highest BCUT2D eigenvalue weighted by Crippen LogP contribution is 2.40. The molecule has 0 unspecified atom stereocenters. The van der Waals surface area contributed by atoms with Crippen LogP contribution in [0.1, 0.15) is 29.9 Å². The molecule has 1 aromatic carbocycles. The summed E-state index contributed by atoms with van der Waals surface area (Å²) in [6, 6.07) is 7.66. The van der Waals surface area contributed by atoms with E-state index in [1.807, 2.05) is 0 Å². The number of alkyl halides is 3. The highest BCUT2D eigenvalue weighted by molar-refractivity contribution is 5.95. The molecule has 3 N–H and O–H groups in total. The van der Waals surface area contributed by atoms with Gasteiger partial charge >= 0.3 is 6.18 Å². The van der Waals surface area contributed by atoms with Crippen LogP contribution in [0.15, 0.2) is 60.0 Å². The quantitative estimate of drug-likeness (QED) is 0.407. The van der Waals surface area contributed by atoms with Gasteiger partial charge in [-0.05, 0) is 67.1 Å². The van der Waals surface area contributed by atoms with Gasteiger partial charge in [-0.25, -0.2) is 15.0 Å². The smallest absolute Gasteiger partial charge is 0.340 e. The first kappa shape index (κ1) is 22.0. The minimum Gasteiger partial charge on any atom is -0.340 e. The second-order valence-electron chi connectivity index (χ2n) is 8.20. The van der Waals surface area contributed by atoms with Crippen LogP contribution < -0.4 is 16.2 Å². The largest absolute Gasteiger partial charge is 0.416 e. The summed E-state index contributed by atoms with van der Waals surface area (Å²) in [6.45, 7) is 1.38. The number of hydrogen-bond donors (Lipinski definition) is 3. The molecule has 7 nitrogen and oxygen atoms in total. The van der Waals surface area contributed by atoms with Gasteiger partial charge in [-0.2, -0.15) is 13.2 Å². The van der Waals surface area contributed by atoms with E-state index in [2.05, 4.69) is 30.6 Å².